The first-order chi connectivity index (χ1) is 6.90. The molecule has 0 atom stereocenters. The topological polar surface area (TPSA) is 18.5 Å². The van der Waals surface area contributed by atoms with Gasteiger partial charge in [0.1, 0.15) is 0 Å². The van der Waals surface area contributed by atoms with Gasteiger partial charge in [0.05, 0.1) is 0 Å². The Bertz CT molecular complexity index is 316. The number of rotatable bonds is 3. The molecule has 1 aliphatic heterocycles. The summed E-state index contributed by atoms with van der Waals surface area (Å²) >= 11 is 0.571. The zero-order valence-electron chi connectivity index (χ0n) is 7.97. The fourth-order valence-corrected chi connectivity index (χ4v) is 2.12. The van der Waals surface area contributed by atoms with E-state index in [1.54, 1.807) is 0 Å². The molecule has 0 unspecified atom stereocenters. The average molecular weight is 253 g/mol. The van der Waals surface area contributed by atoms with Gasteiger partial charge in [0.15, 0.2) is 0 Å². The first kappa shape index (κ1) is 9.69. The van der Waals surface area contributed by atoms with Crippen molar-refractivity contribution in [3.05, 3.63) is 35.2 Å². The Morgan fingerprint density at radius 2 is 1.93 bits per heavy atom. The number of hydrogen-bond donors (Lipinski definition) is 0. The molecule has 72 valence electrons. The summed E-state index contributed by atoms with van der Waals surface area (Å²) in [5.74, 6) is 3.67. The first-order valence-electron chi connectivity index (χ1n) is 4.61. The molecule has 2 nitrogen and oxygen atoms in total. The fraction of sp³-hybridized carbons (Fsp3) is 0.200. The van der Waals surface area contributed by atoms with E-state index in [2.05, 4.69) is 11.9 Å². The van der Waals surface area contributed by atoms with Crippen LogP contribution in [0.4, 0.5) is 0 Å². The number of benzene rings is 1. The molecule has 0 saturated heterocycles. The van der Waals surface area contributed by atoms with Gasteiger partial charge in [-0.15, -0.1) is 0 Å². The van der Waals surface area contributed by atoms with Crippen LogP contribution in [-0.4, -0.2) is 22.1 Å². The van der Waals surface area contributed by atoms with Gasteiger partial charge in [-0.1, -0.05) is 0 Å². The molecule has 1 aliphatic rings. The van der Waals surface area contributed by atoms with E-state index >= 15 is 0 Å². The maximum absolute atomic E-state index is 5.55. The van der Waals surface area contributed by atoms with Crippen LogP contribution in [-0.2, 0) is 0 Å². The third kappa shape index (κ3) is 2.14. The Morgan fingerprint density at radius 1 is 1.29 bits per heavy atom. The summed E-state index contributed by atoms with van der Waals surface area (Å²) in [6, 6.07) is 7.75. The molecule has 0 saturated carbocycles. The summed E-state index contributed by atoms with van der Waals surface area (Å²) in [4.78, 5) is 2.16. The van der Waals surface area contributed by atoms with Crippen LogP contribution in [0.1, 0.15) is 6.92 Å². The van der Waals surface area contributed by atoms with Gasteiger partial charge in [0.25, 0.3) is 0 Å². The third-order valence-electron chi connectivity index (χ3n) is 1.83. The Morgan fingerprint density at radius 3 is 2.50 bits per heavy atom. The van der Waals surface area contributed by atoms with Crippen molar-refractivity contribution in [1.29, 1.82) is 0 Å². The summed E-state index contributed by atoms with van der Waals surface area (Å²) < 4.78 is 11.1. The molecule has 0 aliphatic carbocycles. The van der Waals surface area contributed by atoms with Crippen LogP contribution in [0.15, 0.2) is 35.2 Å². The molecule has 0 amide bonds. The molecule has 0 bridgehead atoms. The number of fused-ring (bicyclic) bond motifs is 1. The average Bonchev–Trinajstić information content (AvgIpc) is 2.60. The predicted molar refractivity (Wildman–Crippen MR) is 58.8 cm³/mol. The normalized spacial score (nSPS) is 13.9. The standard InChI is InChI=1S/C10H11BO2Se/c1-2-14-8-7-11-12-9-5-3-4-6-10(9)13-11/h3-8H,2H2,1H3/b8-7+. The zero-order chi connectivity index (χ0) is 9.80. The van der Waals surface area contributed by atoms with Crippen molar-refractivity contribution < 1.29 is 9.31 Å². The summed E-state index contributed by atoms with van der Waals surface area (Å²) in [6.07, 6.45) is 0. The molecular weight excluding hydrogens is 242 g/mol. The third-order valence-corrected chi connectivity index (χ3v) is 3.27. The van der Waals surface area contributed by atoms with Crippen LogP contribution < -0.4 is 9.31 Å². The Labute approximate surface area is 90.6 Å². The van der Waals surface area contributed by atoms with E-state index in [9.17, 15) is 0 Å². The van der Waals surface area contributed by atoms with Crippen LogP contribution in [0, 0.1) is 0 Å². The minimum atomic E-state index is -0.221. The molecule has 1 aromatic rings. The van der Waals surface area contributed by atoms with Gasteiger partial charge in [-0.2, -0.15) is 0 Å². The summed E-state index contributed by atoms with van der Waals surface area (Å²) in [5, 5.41) is 1.21. The maximum atomic E-state index is 5.55. The van der Waals surface area contributed by atoms with E-state index in [0.717, 1.165) is 11.5 Å². The first-order valence-corrected chi connectivity index (χ1v) is 6.81. The molecule has 2 rings (SSSR count). The zero-order valence-corrected chi connectivity index (χ0v) is 9.69. The minimum absolute atomic E-state index is 0.221. The second-order valence-electron chi connectivity index (χ2n) is 2.83. The summed E-state index contributed by atoms with van der Waals surface area (Å²) in [6.45, 7) is 2.18. The van der Waals surface area contributed by atoms with E-state index in [1.165, 1.54) is 5.32 Å². The van der Waals surface area contributed by atoms with Crippen molar-refractivity contribution >= 4 is 22.1 Å². The van der Waals surface area contributed by atoms with Gasteiger partial charge in [-0.05, 0) is 0 Å². The quantitative estimate of drug-likeness (QED) is 0.768. The van der Waals surface area contributed by atoms with Gasteiger partial charge < -0.3 is 0 Å². The summed E-state index contributed by atoms with van der Waals surface area (Å²) in [5.41, 5.74) is 0. The molecule has 1 heterocycles. The number of para-hydroxylation sites is 2. The monoisotopic (exact) mass is 254 g/mol. The molecule has 0 spiro atoms. The molecule has 4 heteroatoms. The van der Waals surface area contributed by atoms with Gasteiger partial charge in [-0.3, -0.25) is 0 Å². The van der Waals surface area contributed by atoms with Crippen LogP contribution >= 0.6 is 0 Å². The van der Waals surface area contributed by atoms with Crippen LogP contribution in [0.3, 0.4) is 0 Å². The van der Waals surface area contributed by atoms with Crippen LogP contribution in [0.2, 0.25) is 5.32 Å². The summed E-state index contributed by atoms with van der Waals surface area (Å²) in [7, 11) is -0.221. The van der Waals surface area contributed by atoms with Crippen molar-refractivity contribution in [3.8, 4) is 11.5 Å². The number of hydrogen-bond acceptors (Lipinski definition) is 2. The van der Waals surface area contributed by atoms with Crippen LogP contribution in [0.25, 0.3) is 0 Å². The van der Waals surface area contributed by atoms with Crippen molar-refractivity contribution in [1.82, 2.24) is 0 Å². The molecule has 0 fully saturated rings. The SMILES string of the molecule is CC[Se]/C=C/B1Oc2ccccc2O1. The van der Waals surface area contributed by atoms with Crippen molar-refractivity contribution in [2.75, 3.05) is 0 Å². The van der Waals surface area contributed by atoms with Crippen molar-refractivity contribution in [2.45, 2.75) is 12.2 Å². The molecule has 0 radical (unpaired) electrons. The van der Waals surface area contributed by atoms with Gasteiger partial charge in [0.2, 0.25) is 0 Å². The van der Waals surface area contributed by atoms with Gasteiger partial charge in [-0.25, -0.2) is 0 Å². The Balaban J connectivity index is 1.98. The van der Waals surface area contributed by atoms with Gasteiger partial charge >= 0.3 is 90.3 Å². The van der Waals surface area contributed by atoms with Crippen molar-refractivity contribution in [3.63, 3.8) is 0 Å². The molecular formula is C10H11BO2Se. The van der Waals surface area contributed by atoms with E-state index in [1.807, 2.05) is 30.2 Å². The Hall–Kier alpha value is -0.856. The van der Waals surface area contributed by atoms with E-state index < -0.39 is 0 Å². The van der Waals surface area contributed by atoms with E-state index in [0.29, 0.717) is 15.0 Å². The predicted octanol–water partition coefficient (Wildman–Crippen LogP) is 2.14. The second-order valence-corrected chi connectivity index (χ2v) is 5.32. The Kier molecular flexibility index (Phi) is 3.17. The van der Waals surface area contributed by atoms with E-state index in [4.69, 9.17) is 9.31 Å². The van der Waals surface area contributed by atoms with Crippen LogP contribution in [0.5, 0.6) is 11.5 Å². The van der Waals surface area contributed by atoms with Gasteiger partial charge in [0, 0.05) is 0 Å². The molecule has 0 aromatic heterocycles. The molecule has 1 aromatic carbocycles. The molecule has 14 heavy (non-hydrogen) atoms. The van der Waals surface area contributed by atoms with Crippen molar-refractivity contribution in [2.24, 2.45) is 0 Å². The van der Waals surface area contributed by atoms with E-state index in [-0.39, 0.29) is 7.12 Å². The second kappa shape index (κ2) is 4.58. The molecule has 0 N–H and O–H groups in total. The fourth-order valence-electron chi connectivity index (χ4n) is 1.21.